The van der Waals surface area contributed by atoms with Crippen LogP contribution < -0.4 is 4.90 Å². The van der Waals surface area contributed by atoms with E-state index >= 15 is 0 Å². The number of halogens is 1. The minimum absolute atomic E-state index is 0.137. The van der Waals surface area contributed by atoms with Crippen LogP contribution in [-0.4, -0.2) is 54.7 Å². The van der Waals surface area contributed by atoms with Crippen molar-refractivity contribution in [3.8, 4) is 0 Å². The molecule has 0 saturated carbocycles. The molecule has 182 valence electrons. The average Bonchev–Trinajstić information content (AvgIpc) is 3.55. The number of fused-ring (bicyclic) bond motifs is 1. The maximum atomic E-state index is 13.6. The normalized spacial score (nSPS) is 15.9. The van der Waals surface area contributed by atoms with Gasteiger partial charge in [0.2, 0.25) is 0 Å². The summed E-state index contributed by atoms with van der Waals surface area (Å²) in [4.78, 5) is 21.4. The van der Waals surface area contributed by atoms with Crippen LogP contribution in [0.5, 0.6) is 0 Å². The fraction of sp³-hybridized carbons (Fsp3) is 0.321. The molecule has 5 rings (SSSR count). The van der Waals surface area contributed by atoms with Gasteiger partial charge in [0.15, 0.2) is 5.76 Å². The van der Waals surface area contributed by atoms with E-state index < -0.39 is 5.54 Å². The first-order chi connectivity index (χ1) is 17.1. The van der Waals surface area contributed by atoms with E-state index in [1.807, 2.05) is 53.4 Å². The number of furan rings is 1. The highest BCUT2D eigenvalue weighted by atomic mass is 35.5. The molecule has 1 saturated heterocycles. The summed E-state index contributed by atoms with van der Waals surface area (Å²) in [6, 6.07) is 19.3. The molecule has 0 radical (unpaired) electrons. The standard InChI is InChI=1S/C28H30ClN3O3/c1-34-20-28(32(23-6-3-2-4-7-23)27(33)26-8-5-17-35-26)12-15-31(16-13-28)14-11-21-19-30-25-10-9-22(29)18-24(21)25/h2-10,17-19,30H,11-16,20H2,1H3. The number of nitrogens with one attached hydrogen (secondary N) is 1. The summed E-state index contributed by atoms with van der Waals surface area (Å²) >= 11 is 6.23. The molecule has 6 nitrogen and oxygen atoms in total. The number of H-pyrrole nitrogens is 1. The summed E-state index contributed by atoms with van der Waals surface area (Å²) in [5.41, 5.74) is 2.78. The van der Waals surface area contributed by atoms with Crippen LogP contribution >= 0.6 is 11.6 Å². The number of anilines is 1. The number of hydrogen-bond acceptors (Lipinski definition) is 4. The number of methoxy groups -OCH3 is 1. The zero-order chi connectivity index (χ0) is 24.3. The Hall–Kier alpha value is -3.06. The summed E-state index contributed by atoms with van der Waals surface area (Å²) in [5, 5.41) is 1.94. The molecule has 4 aromatic rings. The van der Waals surface area contributed by atoms with Crippen LogP contribution in [0.1, 0.15) is 29.0 Å². The molecular weight excluding hydrogens is 462 g/mol. The van der Waals surface area contributed by atoms with Gasteiger partial charge in [0.05, 0.1) is 18.4 Å². The van der Waals surface area contributed by atoms with Gasteiger partial charge in [-0.05, 0) is 67.3 Å². The Morgan fingerprint density at radius 1 is 1.14 bits per heavy atom. The maximum absolute atomic E-state index is 13.6. The number of carbonyl (C=O) groups excluding carboxylic acids is 1. The van der Waals surface area contributed by atoms with Gasteiger partial charge in [0.25, 0.3) is 5.91 Å². The van der Waals surface area contributed by atoms with Gasteiger partial charge in [-0.3, -0.25) is 9.69 Å². The Kier molecular flexibility index (Phi) is 6.95. The third-order valence-corrected chi connectivity index (χ3v) is 7.29. The molecule has 2 aromatic heterocycles. The Balaban J connectivity index is 1.34. The van der Waals surface area contributed by atoms with Crippen molar-refractivity contribution in [2.45, 2.75) is 24.8 Å². The fourth-order valence-corrected chi connectivity index (χ4v) is 5.40. The van der Waals surface area contributed by atoms with Crippen molar-refractivity contribution in [1.82, 2.24) is 9.88 Å². The van der Waals surface area contributed by atoms with Gasteiger partial charge in [0, 0.05) is 54.6 Å². The molecule has 1 fully saturated rings. The SMILES string of the molecule is COCC1(N(C(=O)c2ccco2)c2ccccc2)CCN(CCc2c[nH]c3ccc(Cl)cc23)CC1. The fourth-order valence-electron chi connectivity index (χ4n) is 5.22. The van der Waals surface area contributed by atoms with Gasteiger partial charge in [0.1, 0.15) is 0 Å². The number of hydrogen-bond donors (Lipinski definition) is 1. The highest BCUT2D eigenvalue weighted by Crippen LogP contribution is 2.35. The van der Waals surface area contributed by atoms with Gasteiger partial charge in [-0.2, -0.15) is 0 Å². The van der Waals surface area contributed by atoms with Crippen LogP contribution in [0.3, 0.4) is 0 Å². The minimum Gasteiger partial charge on any atom is -0.459 e. The maximum Gasteiger partial charge on any atom is 0.294 e. The number of rotatable bonds is 8. The second-order valence-electron chi connectivity index (χ2n) is 9.21. The lowest BCUT2D eigenvalue weighted by Gasteiger charge is -2.48. The van der Waals surface area contributed by atoms with Gasteiger partial charge >= 0.3 is 0 Å². The molecule has 2 aromatic carbocycles. The number of amides is 1. The van der Waals surface area contributed by atoms with Gasteiger partial charge in [-0.1, -0.05) is 29.8 Å². The smallest absolute Gasteiger partial charge is 0.294 e. The first-order valence-corrected chi connectivity index (χ1v) is 12.4. The molecule has 0 spiro atoms. The van der Waals surface area contributed by atoms with Crippen molar-refractivity contribution < 1.29 is 13.9 Å². The van der Waals surface area contributed by atoms with Crippen LogP contribution in [-0.2, 0) is 11.2 Å². The molecule has 0 unspecified atom stereocenters. The van der Waals surface area contributed by atoms with Crippen molar-refractivity contribution in [2.24, 2.45) is 0 Å². The predicted molar refractivity (Wildman–Crippen MR) is 139 cm³/mol. The van der Waals surface area contributed by atoms with E-state index in [1.54, 1.807) is 25.5 Å². The van der Waals surface area contributed by atoms with Crippen molar-refractivity contribution in [2.75, 3.05) is 38.3 Å². The molecule has 0 atom stereocenters. The largest absolute Gasteiger partial charge is 0.459 e. The quantitative estimate of drug-likeness (QED) is 0.339. The summed E-state index contributed by atoms with van der Waals surface area (Å²) in [6.07, 6.45) is 6.17. The molecule has 1 aliphatic heterocycles. The van der Waals surface area contributed by atoms with Crippen LogP contribution in [0.2, 0.25) is 5.02 Å². The Morgan fingerprint density at radius 3 is 2.66 bits per heavy atom. The van der Waals surface area contributed by atoms with Crippen LogP contribution in [0.15, 0.2) is 77.5 Å². The van der Waals surface area contributed by atoms with E-state index in [2.05, 4.69) is 16.1 Å². The van der Waals surface area contributed by atoms with Crippen molar-refractivity contribution in [3.63, 3.8) is 0 Å². The van der Waals surface area contributed by atoms with Gasteiger partial charge in [-0.25, -0.2) is 0 Å². The minimum atomic E-state index is -0.454. The molecule has 7 heteroatoms. The first-order valence-electron chi connectivity index (χ1n) is 12.0. The highest BCUT2D eigenvalue weighted by molar-refractivity contribution is 6.31. The zero-order valence-corrected chi connectivity index (χ0v) is 20.6. The monoisotopic (exact) mass is 491 g/mol. The first kappa shape index (κ1) is 23.7. The van der Waals surface area contributed by atoms with E-state index in [0.717, 1.165) is 55.1 Å². The number of ether oxygens (including phenoxy) is 1. The summed E-state index contributed by atoms with van der Waals surface area (Å²) < 4.78 is 11.2. The lowest BCUT2D eigenvalue weighted by Crippen LogP contribution is -2.60. The topological polar surface area (TPSA) is 61.7 Å². The molecule has 0 bridgehead atoms. The molecule has 35 heavy (non-hydrogen) atoms. The van der Waals surface area contributed by atoms with Crippen molar-refractivity contribution >= 4 is 34.1 Å². The van der Waals surface area contributed by atoms with E-state index in [9.17, 15) is 4.79 Å². The number of aromatic amines is 1. The third-order valence-electron chi connectivity index (χ3n) is 7.05. The number of benzene rings is 2. The van der Waals surface area contributed by atoms with E-state index in [4.69, 9.17) is 20.8 Å². The number of aromatic nitrogens is 1. The molecule has 1 aliphatic rings. The number of para-hydroxylation sites is 1. The van der Waals surface area contributed by atoms with Gasteiger partial charge < -0.3 is 19.0 Å². The number of likely N-dealkylation sites (tertiary alicyclic amines) is 1. The molecule has 1 N–H and O–H groups in total. The summed E-state index contributed by atoms with van der Waals surface area (Å²) in [5.74, 6) is 0.201. The van der Waals surface area contributed by atoms with E-state index in [1.165, 1.54) is 10.9 Å². The molecule has 3 heterocycles. The predicted octanol–water partition coefficient (Wildman–Crippen LogP) is 5.78. The summed E-state index contributed by atoms with van der Waals surface area (Å²) in [6.45, 7) is 3.16. The van der Waals surface area contributed by atoms with Crippen LogP contribution in [0.4, 0.5) is 5.69 Å². The van der Waals surface area contributed by atoms with Crippen LogP contribution in [0, 0.1) is 0 Å². The Labute approximate surface area is 210 Å². The number of carbonyl (C=O) groups is 1. The third kappa shape index (κ3) is 4.87. The van der Waals surface area contributed by atoms with Crippen LogP contribution in [0.25, 0.3) is 10.9 Å². The zero-order valence-electron chi connectivity index (χ0n) is 19.9. The summed E-state index contributed by atoms with van der Waals surface area (Å²) in [7, 11) is 1.71. The van der Waals surface area contributed by atoms with E-state index in [-0.39, 0.29) is 5.91 Å². The molecule has 1 amide bonds. The van der Waals surface area contributed by atoms with Crippen molar-refractivity contribution in [1.29, 1.82) is 0 Å². The number of nitrogens with zero attached hydrogens (tertiary/aromatic N) is 2. The van der Waals surface area contributed by atoms with Gasteiger partial charge in [-0.15, -0.1) is 0 Å². The number of piperidine rings is 1. The average molecular weight is 492 g/mol. The lowest BCUT2D eigenvalue weighted by atomic mass is 9.85. The van der Waals surface area contributed by atoms with Crippen molar-refractivity contribution in [3.05, 3.63) is 89.5 Å². The lowest BCUT2D eigenvalue weighted by molar-refractivity contribution is 0.0610. The Morgan fingerprint density at radius 2 is 1.94 bits per heavy atom. The highest BCUT2D eigenvalue weighted by Gasteiger charge is 2.44. The second-order valence-corrected chi connectivity index (χ2v) is 9.64. The molecule has 0 aliphatic carbocycles. The second kappa shape index (κ2) is 10.3. The van der Waals surface area contributed by atoms with E-state index in [0.29, 0.717) is 12.4 Å². The molecular formula is C28H30ClN3O3. The Bertz CT molecular complexity index is 1260.